The summed E-state index contributed by atoms with van der Waals surface area (Å²) in [6.07, 6.45) is 2.85. The predicted molar refractivity (Wildman–Crippen MR) is 74.8 cm³/mol. The molecular formula is C14H25N3O. The topological polar surface area (TPSA) is 37.4 Å². The third-order valence-electron chi connectivity index (χ3n) is 3.12. The van der Waals surface area contributed by atoms with Gasteiger partial charge in [0.2, 0.25) is 0 Å². The summed E-state index contributed by atoms with van der Waals surface area (Å²) in [5.41, 5.74) is 1.16. The van der Waals surface area contributed by atoms with Crippen LogP contribution in [0.1, 0.15) is 12.6 Å². The Morgan fingerprint density at radius 1 is 1.44 bits per heavy atom. The van der Waals surface area contributed by atoms with Gasteiger partial charge < -0.3 is 15.0 Å². The number of likely N-dealkylation sites (N-methyl/N-ethyl adjacent to an activating group) is 1. The molecule has 4 heteroatoms. The van der Waals surface area contributed by atoms with Crippen LogP contribution in [-0.4, -0.2) is 56.3 Å². The molecule has 4 nitrogen and oxygen atoms in total. The first kappa shape index (κ1) is 15.1. The van der Waals surface area contributed by atoms with Crippen molar-refractivity contribution >= 4 is 0 Å². The molecule has 0 radical (unpaired) electrons. The Labute approximate surface area is 110 Å². The highest BCUT2D eigenvalue weighted by molar-refractivity contribution is 5.03. The number of pyridine rings is 1. The highest BCUT2D eigenvalue weighted by atomic mass is 16.5. The summed E-state index contributed by atoms with van der Waals surface area (Å²) in [6, 6.07) is 6.59. The molecule has 1 N–H and O–H groups in total. The van der Waals surface area contributed by atoms with Crippen LogP contribution in [0.3, 0.4) is 0 Å². The number of methoxy groups -OCH3 is 1. The van der Waals surface area contributed by atoms with E-state index in [1.54, 1.807) is 7.11 Å². The van der Waals surface area contributed by atoms with Crippen molar-refractivity contribution in [2.45, 2.75) is 19.4 Å². The van der Waals surface area contributed by atoms with E-state index in [0.29, 0.717) is 6.04 Å². The van der Waals surface area contributed by atoms with Crippen molar-refractivity contribution in [1.29, 1.82) is 0 Å². The Morgan fingerprint density at radius 3 is 2.94 bits per heavy atom. The Morgan fingerprint density at radius 2 is 2.28 bits per heavy atom. The first-order valence-corrected chi connectivity index (χ1v) is 6.54. The van der Waals surface area contributed by atoms with Crippen LogP contribution in [0, 0.1) is 0 Å². The van der Waals surface area contributed by atoms with Gasteiger partial charge in [-0.15, -0.1) is 0 Å². The van der Waals surface area contributed by atoms with Crippen LogP contribution < -0.4 is 5.32 Å². The fraction of sp³-hybridized carbons (Fsp3) is 0.643. The van der Waals surface area contributed by atoms with Gasteiger partial charge in [-0.2, -0.15) is 0 Å². The van der Waals surface area contributed by atoms with Gasteiger partial charge in [-0.1, -0.05) is 6.07 Å². The minimum atomic E-state index is 0.519. The summed E-state index contributed by atoms with van der Waals surface area (Å²) >= 11 is 0. The Balaban J connectivity index is 2.17. The quantitative estimate of drug-likeness (QED) is 0.669. The van der Waals surface area contributed by atoms with Crippen molar-refractivity contribution in [3.8, 4) is 0 Å². The van der Waals surface area contributed by atoms with E-state index in [0.717, 1.165) is 38.4 Å². The molecule has 0 amide bonds. The molecule has 0 spiro atoms. The molecule has 0 aliphatic carbocycles. The molecule has 18 heavy (non-hydrogen) atoms. The van der Waals surface area contributed by atoms with E-state index in [2.05, 4.69) is 35.2 Å². The highest BCUT2D eigenvalue weighted by Crippen LogP contribution is 1.99. The zero-order valence-electron chi connectivity index (χ0n) is 11.7. The molecule has 0 saturated heterocycles. The number of ether oxygens (including phenoxy) is 1. The maximum Gasteiger partial charge on any atom is 0.0587 e. The lowest BCUT2D eigenvalue weighted by molar-refractivity contribution is 0.192. The van der Waals surface area contributed by atoms with Crippen molar-refractivity contribution in [3.63, 3.8) is 0 Å². The molecule has 0 aliphatic rings. The van der Waals surface area contributed by atoms with Gasteiger partial charge >= 0.3 is 0 Å². The van der Waals surface area contributed by atoms with Gasteiger partial charge in [-0.05, 0) is 26.1 Å². The van der Waals surface area contributed by atoms with Crippen LogP contribution in [0.4, 0.5) is 0 Å². The predicted octanol–water partition coefficient (Wildman–Crippen LogP) is 1.18. The second-order valence-electron chi connectivity index (χ2n) is 4.60. The Hall–Kier alpha value is -0.970. The van der Waals surface area contributed by atoms with Gasteiger partial charge in [-0.3, -0.25) is 4.98 Å². The molecule has 1 heterocycles. The maximum atomic E-state index is 5.01. The van der Waals surface area contributed by atoms with E-state index < -0.39 is 0 Å². The molecule has 1 rings (SSSR count). The summed E-state index contributed by atoms with van der Waals surface area (Å²) in [4.78, 5) is 6.69. The summed E-state index contributed by atoms with van der Waals surface area (Å²) < 4.78 is 5.01. The molecule has 1 aromatic rings. The number of nitrogens with one attached hydrogen (secondary N) is 1. The first-order chi connectivity index (χ1) is 8.74. The van der Waals surface area contributed by atoms with Crippen molar-refractivity contribution in [2.75, 3.05) is 40.4 Å². The molecule has 0 aliphatic heterocycles. The normalized spacial score (nSPS) is 12.9. The van der Waals surface area contributed by atoms with Crippen LogP contribution in [0.25, 0.3) is 0 Å². The zero-order chi connectivity index (χ0) is 13.2. The Bertz CT molecular complexity index is 305. The van der Waals surface area contributed by atoms with Gasteiger partial charge in [0.25, 0.3) is 0 Å². The van der Waals surface area contributed by atoms with Crippen LogP contribution in [0.15, 0.2) is 24.4 Å². The van der Waals surface area contributed by atoms with Crippen LogP contribution in [-0.2, 0) is 11.2 Å². The third-order valence-corrected chi connectivity index (χ3v) is 3.12. The summed E-state index contributed by atoms with van der Waals surface area (Å²) in [6.45, 7) is 5.93. The van der Waals surface area contributed by atoms with E-state index in [1.165, 1.54) is 0 Å². The molecule has 0 fully saturated rings. The molecule has 0 aromatic carbocycles. The van der Waals surface area contributed by atoms with Gasteiger partial charge in [0, 0.05) is 51.1 Å². The SMILES string of the molecule is COCCNCC(C)N(C)CCc1ccccn1. The first-order valence-electron chi connectivity index (χ1n) is 6.54. The second-order valence-corrected chi connectivity index (χ2v) is 4.60. The molecule has 0 bridgehead atoms. The standard InChI is InChI=1S/C14H25N3O/c1-13(12-15-9-11-18-3)17(2)10-7-14-6-4-5-8-16-14/h4-6,8,13,15H,7,9-12H2,1-3H3. The highest BCUT2D eigenvalue weighted by Gasteiger charge is 2.08. The van der Waals surface area contributed by atoms with Crippen molar-refractivity contribution in [1.82, 2.24) is 15.2 Å². The fourth-order valence-electron chi connectivity index (χ4n) is 1.70. The van der Waals surface area contributed by atoms with Gasteiger partial charge in [0.1, 0.15) is 0 Å². The van der Waals surface area contributed by atoms with E-state index in [9.17, 15) is 0 Å². The number of aromatic nitrogens is 1. The van der Waals surface area contributed by atoms with Gasteiger partial charge in [0.15, 0.2) is 0 Å². The number of hydrogen-bond acceptors (Lipinski definition) is 4. The van der Waals surface area contributed by atoms with Crippen LogP contribution in [0.2, 0.25) is 0 Å². The minimum absolute atomic E-state index is 0.519. The van der Waals surface area contributed by atoms with Crippen LogP contribution in [0.5, 0.6) is 0 Å². The number of nitrogens with zero attached hydrogens (tertiary/aromatic N) is 2. The van der Waals surface area contributed by atoms with Crippen molar-refractivity contribution in [2.24, 2.45) is 0 Å². The molecule has 1 aromatic heterocycles. The lowest BCUT2D eigenvalue weighted by atomic mass is 10.2. The van der Waals surface area contributed by atoms with E-state index in [1.807, 2.05) is 18.3 Å². The average molecular weight is 251 g/mol. The number of hydrogen-bond donors (Lipinski definition) is 1. The maximum absolute atomic E-state index is 5.01. The average Bonchev–Trinajstić information content (AvgIpc) is 2.42. The van der Waals surface area contributed by atoms with Crippen LogP contribution >= 0.6 is 0 Å². The number of rotatable bonds is 9. The van der Waals surface area contributed by atoms with E-state index >= 15 is 0 Å². The third kappa shape index (κ3) is 6.10. The summed E-state index contributed by atoms with van der Waals surface area (Å²) in [5.74, 6) is 0. The molecule has 102 valence electrons. The summed E-state index contributed by atoms with van der Waals surface area (Å²) in [7, 11) is 3.88. The molecule has 0 saturated carbocycles. The smallest absolute Gasteiger partial charge is 0.0587 e. The Kier molecular flexibility index (Phi) is 7.57. The zero-order valence-corrected chi connectivity index (χ0v) is 11.7. The lowest BCUT2D eigenvalue weighted by Gasteiger charge is -2.24. The fourth-order valence-corrected chi connectivity index (χ4v) is 1.70. The van der Waals surface area contributed by atoms with Gasteiger partial charge in [-0.25, -0.2) is 0 Å². The molecular weight excluding hydrogens is 226 g/mol. The molecule has 1 unspecified atom stereocenters. The second kappa shape index (κ2) is 9.03. The van der Waals surface area contributed by atoms with Crippen molar-refractivity contribution in [3.05, 3.63) is 30.1 Å². The summed E-state index contributed by atoms with van der Waals surface area (Å²) in [5, 5.41) is 3.38. The van der Waals surface area contributed by atoms with Crippen molar-refractivity contribution < 1.29 is 4.74 Å². The van der Waals surface area contributed by atoms with E-state index in [4.69, 9.17) is 4.74 Å². The minimum Gasteiger partial charge on any atom is -0.383 e. The monoisotopic (exact) mass is 251 g/mol. The van der Waals surface area contributed by atoms with E-state index in [-0.39, 0.29) is 0 Å². The lowest BCUT2D eigenvalue weighted by Crippen LogP contribution is -2.39. The molecule has 1 atom stereocenters. The van der Waals surface area contributed by atoms with Gasteiger partial charge in [0.05, 0.1) is 6.61 Å². The largest absolute Gasteiger partial charge is 0.383 e.